The third-order valence-electron chi connectivity index (χ3n) is 3.35. The van der Waals surface area contributed by atoms with Crippen molar-refractivity contribution in [3.63, 3.8) is 0 Å². The first-order valence-corrected chi connectivity index (χ1v) is 6.75. The number of halogens is 1. The van der Waals surface area contributed by atoms with Gasteiger partial charge in [0.05, 0.1) is 11.4 Å². The van der Waals surface area contributed by atoms with Crippen LogP contribution >= 0.6 is 12.4 Å². The summed E-state index contributed by atoms with van der Waals surface area (Å²) in [4.78, 5) is 38.3. The molecule has 0 unspecified atom stereocenters. The first kappa shape index (κ1) is 17.8. The van der Waals surface area contributed by atoms with Gasteiger partial charge in [0.25, 0.3) is 0 Å². The highest BCUT2D eigenvalue weighted by atomic mass is 35.5. The van der Waals surface area contributed by atoms with Gasteiger partial charge in [0.15, 0.2) is 0 Å². The van der Waals surface area contributed by atoms with Crippen molar-refractivity contribution in [2.75, 3.05) is 37.2 Å². The zero-order chi connectivity index (χ0) is 15.4. The molecule has 1 aliphatic rings. The van der Waals surface area contributed by atoms with Crippen LogP contribution in [0.15, 0.2) is 24.3 Å². The summed E-state index contributed by atoms with van der Waals surface area (Å²) in [6.07, 6.45) is 0. The molecule has 1 saturated heterocycles. The normalized spacial score (nSPS) is 14.6. The van der Waals surface area contributed by atoms with E-state index in [9.17, 15) is 14.4 Å². The number of carbonyl (C=O) groups is 3. The van der Waals surface area contributed by atoms with Gasteiger partial charge >= 0.3 is 11.8 Å². The Morgan fingerprint density at radius 3 is 2.41 bits per heavy atom. The van der Waals surface area contributed by atoms with Crippen LogP contribution in [-0.4, -0.2) is 53.7 Å². The smallest absolute Gasteiger partial charge is 0.312 e. The first-order valence-electron chi connectivity index (χ1n) is 6.75. The maximum absolute atomic E-state index is 12.0. The zero-order valence-corrected chi connectivity index (χ0v) is 13.1. The van der Waals surface area contributed by atoms with Gasteiger partial charge in [-0.25, -0.2) is 0 Å². The van der Waals surface area contributed by atoms with Crippen LogP contribution in [-0.2, 0) is 14.4 Å². The molecule has 22 heavy (non-hydrogen) atoms. The van der Waals surface area contributed by atoms with Crippen molar-refractivity contribution in [2.24, 2.45) is 0 Å². The number of benzene rings is 1. The quantitative estimate of drug-likeness (QED) is 0.615. The van der Waals surface area contributed by atoms with Crippen LogP contribution in [0.5, 0.6) is 0 Å². The molecular weight excluding hydrogens is 308 g/mol. The number of para-hydroxylation sites is 2. The van der Waals surface area contributed by atoms with Crippen LogP contribution in [0.2, 0.25) is 0 Å². The Hall–Kier alpha value is -2.28. The Bertz CT molecular complexity index is 579. The maximum atomic E-state index is 12.0. The molecule has 120 valence electrons. The lowest BCUT2D eigenvalue weighted by atomic mass is 10.2. The molecule has 1 fully saturated rings. The van der Waals surface area contributed by atoms with E-state index in [2.05, 4.69) is 5.32 Å². The van der Waals surface area contributed by atoms with Gasteiger partial charge < -0.3 is 20.9 Å². The Labute approximate surface area is 134 Å². The van der Waals surface area contributed by atoms with Crippen molar-refractivity contribution in [2.45, 2.75) is 6.92 Å². The topological polar surface area (TPSA) is 95.7 Å². The SMILES string of the molecule is CCN1CCN(CC(=O)Nc2ccccc2N)C(=O)C1=O.Cl. The summed E-state index contributed by atoms with van der Waals surface area (Å²) in [6, 6.07) is 6.86. The molecule has 1 aliphatic heterocycles. The van der Waals surface area contributed by atoms with E-state index in [0.29, 0.717) is 31.0 Å². The number of piperazine rings is 1. The molecule has 0 aliphatic carbocycles. The van der Waals surface area contributed by atoms with E-state index in [4.69, 9.17) is 5.73 Å². The molecule has 0 atom stereocenters. The van der Waals surface area contributed by atoms with E-state index in [-0.39, 0.29) is 24.9 Å². The van der Waals surface area contributed by atoms with Gasteiger partial charge in [0.1, 0.15) is 6.54 Å². The largest absolute Gasteiger partial charge is 0.397 e. The minimum absolute atomic E-state index is 0. The van der Waals surface area contributed by atoms with Crippen LogP contribution in [0.4, 0.5) is 11.4 Å². The van der Waals surface area contributed by atoms with Crippen molar-refractivity contribution in [1.29, 1.82) is 0 Å². The zero-order valence-electron chi connectivity index (χ0n) is 12.2. The van der Waals surface area contributed by atoms with Gasteiger partial charge in [0.2, 0.25) is 5.91 Å². The van der Waals surface area contributed by atoms with Gasteiger partial charge in [-0.2, -0.15) is 0 Å². The third kappa shape index (κ3) is 3.88. The van der Waals surface area contributed by atoms with Crippen LogP contribution in [0, 0.1) is 0 Å². The number of hydrogen-bond donors (Lipinski definition) is 2. The highest BCUT2D eigenvalue weighted by Crippen LogP contribution is 2.16. The van der Waals surface area contributed by atoms with E-state index < -0.39 is 11.8 Å². The average Bonchev–Trinajstić information content (AvgIpc) is 2.47. The first-order chi connectivity index (χ1) is 10.0. The van der Waals surface area contributed by atoms with Crippen molar-refractivity contribution in [3.05, 3.63) is 24.3 Å². The summed E-state index contributed by atoms with van der Waals surface area (Å²) < 4.78 is 0. The van der Waals surface area contributed by atoms with Crippen molar-refractivity contribution in [3.8, 4) is 0 Å². The molecule has 1 heterocycles. The monoisotopic (exact) mass is 326 g/mol. The lowest BCUT2D eigenvalue weighted by Gasteiger charge is -2.32. The Balaban J connectivity index is 0.00000242. The highest BCUT2D eigenvalue weighted by molar-refractivity contribution is 6.35. The predicted molar refractivity (Wildman–Crippen MR) is 85.6 cm³/mol. The molecule has 2 rings (SSSR count). The number of carbonyl (C=O) groups excluding carboxylic acids is 3. The summed E-state index contributed by atoms with van der Waals surface area (Å²) in [5, 5.41) is 2.64. The van der Waals surface area contributed by atoms with E-state index in [1.165, 1.54) is 9.80 Å². The minimum atomic E-state index is -0.640. The molecule has 7 nitrogen and oxygen atoms in total. The second kappa shape index (κ2) is 7.65. The van der Waals surface area contributed by atoms with Crippen LogP contribution in [0.1, 0.15) is 6.92 Å². The predicted octanol–water partition coefficient (Wildman–Crippen LogP) is 0.320. The number of nitrogens with zero attached hydrogens (tertiary/aromatic N) is 2. The van der Waals surface area contributed by atoms with Crippen molar-refractivity contribution < 1.29 is 14.4 Å². The molecule has 0 saturated carbocycles. The summed E-state index contributed by atoms with van der Waals surface area (Å²) in [5.74, 6) is -1.57. The number of nitrogens with one attached hydrogen (secondary N) is 1. The second-order valence-corrected chi connectivity index (χ2v) is 4.75. The van der Waals surface area contributed by atoms with Crippen LogP contribution in [0.25, 0.3) is 0 Å². The van der Waals surface area contributed by atoms with Crippen LogP contribution in [0.3, 0.4) is 0 Å². The highest BCUT2D eigenvalue weighted by Gasteiger charge is 2.32. The molecule has 0 spiro atoms. The second-order valence-electron chi connectivity index (χ2n) is 4.75. The van der Waals surface area contributed by atoms with Crippen LogP contribution < -0.4 is 11.1 Å². The Morgan fingerprint density at radius 2 is 1.77 bits per heavy atom. The number of hydrogen-bond acceptors (Lipinski definition) is 4. The standard InChI is InChI=1S/C14H18N4O3.ClH/c1-2-17-7-8-18(14(21)13(17)20)9-12(19)16-11-6-4-3-5-10(11)15;/h3-6H,2,7-9,15H2,1H3,(H,16,19);1H. The number of nitrogen functional groups attached to an aromatic ring is 1. The van der Waals surface area contributed by atoms with E-state index in [1.54, 1.807) is 24.3 Å². The lowest BCUT2D eigenvalue weighted by molar-refractivity contribution is -0.156. The fourth-order valence-corrected chi connectivity index (χ4v) is 2.14. The van der Waals surface area contributed by atoms with Gasteiger partial charge in [-0.15, -0.1) is 12.4 Å². The number of anilines is 2. The summed E-state index contributed by atoms with van der Waals surface area (Å²) >= 11 is 0. The Morgan fingerprint density at radius 1 is 1.18 bits per heavy atom. The number of amides is 3. The van der Waals surface area contributed by atoms with E-state index in [0.717, 1.165) is 0 Å². The molecule has 3 amide bonds. The summed E-state index contributed by atoms with van der Waals surface area (Å²) in [7, 11) is 0. The van der Waals surface area contributed by atoms with Gasteiger partial charge in [-0.1, -0.05) is 12.1 Å². The fraction of sp³-hybridized carbons (Fsp3) is 0.357. The molecule has 0 bridgehead atoms. The molecule has 8 heteroatoms. The lowest BCUT2D eigenvalue weighted by Crippen LogP contribution is -2.55. The maximum Gasteiger partial charge on any atom is 0.312 e. The van der Waals surface area contributed by atoms with Gasteiger partial charge in [0, 0.05) is 19.6 Å². The van der Waals surface area contributed by atoms with Crippen molar-refractivity contribution >= 4 is 41.5 Å². The molecule has 1 aromatic rings. The number of likely N-dealkylation sites (N-methyl/N-ethyl adjacent to an activating group) is 1. The molecule has 3 N–H and O–H groups in total. The molecule has 1 aromatic carbocycles. The minimum Gasteiger partial charge on any atom is -0.397 e. The summed E-state index contributed by atoms with van der Waals surface area (Å²) in [6.45, 7) is 2.95. The summed E-state index contributed by atoms with van der Waals surface area (Å²) in [5.41, 5.74) is 6.67. The fourth-order valence-electron chi connectivity index (χ4n) is 2.14. The van der Waals surface area contributed by atoms with Gasteiger partial charge in [-0.3, -0.25) is 14.4 Å². The Kier molecular flexibility index (Phi) is 6.18. The molecular formula is C14H19ClN4O3. The van der Waals surface area contributed by atoms with E-state index >= 15 is 0 Å². The van der Waals surface area contributed by atoms with Crippen molar-refractivity contribution in [1.82, 2.24) is 9.80 Å². The molecule has 0 aromatic heterocycles. The number of rotatable bonds is 4. The van der Waals surface area contributed by atoms with Gasteiger partial charge in [-0.05, 0) is 19.1 Å². The van der Waals surface area contributed by atoms with E-state index in [1.807, 2.05) is 6.92 Å². The molecule has 0 radical (unpaired) electrons. The number of nitrogens with two attached hydrogens (primary N) is 1. The third-order valence-corrected chi connectivity index (χ3v) is 3.35. The average molecular weight is 327 g/mol.